The molecule has 0 fully saturated rings. The molecule has 2 aromatic rings. The van der Waals surface area contributed by atoms with Crippen molar-refractivity contribution in [3.63, 3.8) is 0 Å². The van der Waals surface area contributed by atoms with E-state index in [9.17, 15) is 8.42 Å². The van der Waals surface area contributed by atoms with Crippen LogP contribution < -0.4 is 0 Å². The van der Waals surface area contributed by atoms with Crippen molar-refractivity contribution in [1.82, 2.24) is 19.7 Å². The fraction of sp³-hybridized carbons (Fsp3) is 0.545. The molecule has 0 saturated heterocycles. The monoisotopic (exact) mass is 318 g/mol. The summed E-state index contributed by atoms with van der Waals surface area (Å²) in [5.74, 6) is 1.76. The molecule has 0 bridgehead atoms. The molecule has 0 unspecified atom stereocenters. The van der Waals surface area contributed by atoms with Gasteiger partial charge in [-0.05, 0) is 0 Å². The molecule has 0 N–H and O–H groups in total. The Balaban J connectivity index is 2.30. The molecule has 0 spiro atoms. The highest BCUT2D eigenvalue weighted by molar-refractivity contribution is 8.13. The van der Waals surface area contributed by atoms with Gasteiger partial charge in [0.2, 0.25) is 5.89 Å². The van der Waals surface area contributed by atoms with Gasteiger partial charge in [-0.15, -0.1) is 0 Å². The van der Waals surface area contributed by atoms with Gasteiger partial charge in [0.1, 0.15) is 5.82 Å². The average Bonchev–Trinajstić information content (AvgIpc) is 2.95. The first kappa shape index (κ1) is 15.0. The Morgan fingerprint density at radius 1 is 1.40 bits per heavy atom. The van der Waals surface area contributed by atoms with Gasteiger partial charge >= 0.3 is 0 Å². The van der Waals surface area contributed by atoms with Crippen molar-refractivity contribution in [3.8, 4) is 0 Å². The van der Waals surface area contributed by atoms with Crippen molar-refractivity contribution in [2.45, 2.75) is 44.7 Å². The van der Waals surface area contributed by atoms with Gasteiger partial charge in [0, 0.05) is 29.2 Å². The first-order valence-corrected chi connectivity index (χ1v) is 8.45. The molecule has 7 nitrogen and oxygen atoms in total. The lowest BCUT2D eigenvalue weighted by Gasteiger charge is -2.01. The van der Waals surface area contributed by atoms with Crippen LogP contribution >= 0.6 is 10.7 Å². The fourth-order valence-corrected chi connectivity index (χ4v) is 2.37. The minimum atomic E-state index is -3.84. The van der Waals surface area contributed by atoms with E-state index in [1.54, 1.807) is 4.57 Å². The van der Waals surface area contributed by atoms with Crippen LogP contribution in [0.3, 0.4) is 0 Å². The van der Waals surface area contributed by atoms with Crippen LogP contribution in [0, 0.1) is 0 Å². The minimum Gasteiger partial charge on any atom is -0.339 e. The molecule has 110 valence electrons. The first-order chi connectivity index (χ1) is 9.31. The Kier molecular flexibility index (Phi) is 4.14. The number of rotatable bonds is 5. The second-order valence-electron chi connectivity index (χ2n) is 4.62. The summed E-state index contributed by atoms with van der Waals surface area (Å²) in [5.41, 5.74) is 0. The number of aryl methyl sites for hydroxylation is 1. The van der Waals surface area contributed by atoms with Crippen molar-refractivity contribution < 1.29 is 12.9 Å². The summed E-state index contributed by atoms with van der Waals surface area (Å²) < 4.78 is 29.4. The molecule has 0 saturated carbocycles. The molecule has 2 heterocycles. The molecule has 0 aromatic carbocycles. The minimum absolute atomic E-state index is 0.142. The van der Waals surface area contributed by atoms with E-state index >= 15 is 0 Å². The maximum Gasteiger partial charge on any atom is 0.280 e. The van der Waals surface area contributed by atoms with Gasteiger partial charge in [-0.1, -0.05) is 25.9 Å². The molecule has 0 atom stereocenters. The quantitative estimate of drug-likeness (QED) is 0.782. The first-order valence-electron chi connectivity index (χ1n) is 6.14. The summed E-state index contributed by atoms with van der Waals surface area (Å²) in [5, 5.41) is 3.70. The van der Waals surface area contributed by atoms with Crippen molar-refractivity contribution in [2.75, 3.05) is 0 Å². The van der Waals surface area contributed by atoms with Gasteiger partial charge in [-0.3, -0.25) is 0 Å². The third-order valence-corrected chi connectivity index (χ3v) is 3.86. The van der Waals surface area contributed by atoms with Crippen LogP contribution in [0.4, 0.5) is 0 Å². The molecule has 0 aliphatic rings. The molecule has 20 heavy (non-hydrogen) atoms. The molecule has 2 rings (SSSR count). The summed E-state index contributed by atoms with van der Waals surface area (Å²) in [4.78, 5) is 8.24. The van der Waals surface area contributed by atoms with Gasteiger partial charge in [0.05, 0.1) is 6.54 Å². The van der Waals surface area contributed by atoms with Crippen LogP contribution in [-0.4, -0.2) is 28.1 Å². The van der Waals surface area contributed by atoms with Gasteiger partial charge < -0.3 is 9.09 Å². The van der Waals surface area contributed by atoms with Gasteiger partial charge in [0.15, 0.2) is 10.9 Å². The highest BCUT2D eigenvalue weighted by Crippen LogP contribution is 2.17. The molecular weight excluding hydrogens is 304 g/mol. The number of halogens is 1. The lowest BCUT2D eigenvalue weighted by atomic mass is 10.2. The average molecular weight is 319 g/mol. The maximum atomic E-state index is 11.3. The number of aromatic nitrogens is 4. The molecule has 0 radical (unpaired) electrons. The summed E-state index contributed by atoms with van der Waals surface area (Å²) >= 11 is 0. The summed E-state index contributed by atoms with van der Waals surface area (Å²) in [7, 11) is 1.46. The largest absolute Gasteiger partial charge is 0.339 e. The topological polar surface area (TPSA) is 90.9 Å². The zero-order valence-electron chi connectivity index (χ0n) is 11.4. The predicted octanol–water partition coefficient (Wildman–Crippen LogP) is 1.93. The Morgan fingerprint density at radius 2 is 2.10 bits per heavy atom. The van der Waals surface area contributed by atoms with Crippen molar-refractivity contribution in [1.29, 1.82) is 0 Å². The molecule has 0 aliphatic carbocycles. The van der Waals surface area contributed by atoms with E-state index in [0.717, 1.165) is 0 Å². The number of hydrogen-bond acceptors (Lipinski definition) is 6. The highest BCUT2D eigenvalue weighted by atomic mass is 35.7. The zero-order chi connectivity index (χ0) is 14.9. The van der Waals surface area contributed by atoms with E-state index in [4.69, 9.17) is 15.2 Å². The lowest BCUT2D eigenvalue weighted by molar-refractivity contribution is 0.359. The van der Waals surface area contributed by atoms with E-state index < -0.39 is 9.05 Å². The molecular formula is C11H15ClN4O3S. The van der Waals surface area contributed by atoms with E-state index in [1.165, 1.54) is 6.20 Å². The smallest absolute Gasteiger partial charge is 0.280 e. The van der Waals surface area contributed by atoms with E-state index in [1.807, 2.05) is 20.8 Å². The van der Waals surface area contributed by atoms with Crippen LogP contribution in [0.15, 0.2) is 15.7 Å². The Hall–Kier alpha value is -1.41. The molecule has 2 aromatic heterocycles. The third-order valence-electron chi connectivity index (χ3n) is 2.69. The second kappa shape index (κ2) is 5.53. The molecule has 9 heteroatoms. The van der Waals surface area contributed by atoms with Crippen LogP contribution in [0.2, 0.25) is 0 Å². The normalized spacial score (nSPS) is 12.2. The maximum absolute atomic E-state index is 11.3. The van der Waals surface area contributed by atoms with E-state index in [-0.39, 0.29) is 10.9 Å². The zero-order valence-corrected chi connectivity index (χ0v) is 12.9. The number of nitrogens with zero attached hydrogens (tertiary/aromatic N) is 4. The Bertz CT molecular complexity index is 705. The summed E-state index contributed by atoms with van der Waals surface area (Å²) in [6, 6.07) is 0. The summed E-state index contributed by atoms with van der Waals surface area (Å²) in [6.45, 7) is 6.06. The highest BCUT2D eigenvalue weighted by Gasteiger charge is 2.18. The lowest BCUT2D eigenvalue weighted by Crippen LogP contribution is -2.04. The van der Waals surface area contributed by atoms with Gasteiger partial charge in [-0.2, -0.15) is 4.98 Å². The van der Waals surface area contributed by atoms with E-state index in [2.05, 4.69) is 15.1 Å². The SMILES string of the molecule is CCc1nc(S(=O)(=O)Cl)cn1Cc1noc(C(C)C)n1. The van der Waals surface area contributed by atoms with Crippen molar-refractivity contribution >= 4 is 19.7 Å². The van der Waals surface area contributed by atoms with Gasteiger partial charge in [-0.25, -0.2) is 13.4 Å². The van der Waals surface area contributed by atoms with Crippen LogP contribution in [0.5, 0.6) is 0 Å². The van der Waals surface area contributed by atoms with Crippen molar-refractivity contribution in [2.24, 2.45) is 0 Å². The summed E-state index contributed by atoms with van der Waals surface area (Å²) in [6.07, 6.45) is 1.95. The van der Waals surface area contributed by atoms with Crippen molar-refractivity contribution in [3.05, 3.63) is 23.7 Å². The second-order valence-corrected chi connectivity index (χ2v) is 7.13. The van der Waals surface area contributed by atoms with Crippen LogP contribution in [0.1, 0.15) is 44.2 Å². The fourth-order valence-electron chi connectivity index (χ4n) is 1.68. The standard InChI is InChI=1S/C11H15ClN4O3S/c1-4-9-14-10(20(12,17)18)6-16(9)5-8-13-11(7(2)3)19-15-8/h6-7H,4-5H2,1-3H3. The Morgan fingerprint density at radius 3 is 2.60 bits per heavy atom. The van der Waals surface area contributed by atoms with E-state index in [0.29, 0.717) is 30.5 Å². The third kappa shape index (κ3) is 3.18. The molecule has 0 amide bonds. The Labute approximate surface area is 121 Å². The van der Waals surface area contributed by atoms with Crippen LogP contribution in [0.25, 0.3) is 0 Å². The predicted molar refractivity (Wildman–Crippen MR) is 72.1 cm³/mol. The number of hydrogen-bond donors (Lipinski definition) is 0. The number of imidazole rings is 1. The van der Waals surface area contributed by atoms with Crippen LogP contribution in [-0.2, 0) is 22.0 Å². The molecule has 0 aliphatic heterocycles. The van der Waals surface area contributed by atoms with Gasteiger partial charge in [0.25, 0.3) is 9.05 Å².